The smallest absolute Gasteiger partial charge is 0.253 e. The standard InChI is InChI=1S/C19H23N5O3/c1-24(2)10-9-21-19(26)12-7-8-13(23-20)15-17(12)22-16-11(18(15)25)5-4-6-14(16)27-3/h4-8,23H,9-10,20H2,1-3H3,(H,21,26)(H,22,25). The Balaban J connectivity index is 2.24. The Kier molecular flexibility index (Phi) is 5.29. The summed E-state index contributed by atoms with van der Waals surface area (Å²) in [6, 6.07) is 8.48. The van der Waals surface area contributed by atoms with Crippen molar-refractivity contribution in [2.45, 2.75) is 0 Å². The first-order valence-corrected chi connectivity index (χ1v) is 8.53. The third-order valence-electron chi connectivity index (χ3n) is 4.42. The van der Waals surface area contributed by atoms with E-state index < -0.39 is 0 Å². The number of nitrogen functional groups attached to an aromatic ring is 1. The summed E-state index contributed by atoms with van der Waals surface area (Å²) >= 11 is 0. The lowest BCUT2D eigenvalue weighted by Crippen LogP contribution is -2.31. The number of methoxy groups -OCH3 is 1. The quantitative estimate of drug-likeness (QED) is 0.296. The molecule has 0 aliphatic rings. The number of hydrogen-bond acceptors (Lipinski definition) is 6. The zero-order valence-electron chi connectivity index (χ0n) is 15.6. The number of hydrazine groups is 1. The van der Waals surface area contributed by atoms with E-state index in [1.807, 2.05) is 19.0 Å². The van der Waals surface area contributed by atoms with Crippen molar-refractivity contribution in [2.24, 2.45) is 5.84 Å². The van der Waals surface area contributed by atoms with Crippen molar-refractivity contribution < 1.29 is 9.53 Å². The molecule has 0 fully saturated rings. The number of hydrogen-bond donors (Lipinski definition) is 4. The van der Waals surface area contributed by atoms with Crippen molar-refractivity contribution in [3.05, 3.63) is 46.1 Å². The lowest BCUT2D eigenvalue weighted by atomic mass is 10.0. The number of aromatic nitrogens is 1. The van der Waals surface area contributed by atoms with E-state index in [1.54, 1.807) is 30.3 Å². The molecule has 0 atom stereocenters. The number of anilines is 1. The van der Waals surface area contributed by atoms with Crippen molar-refractivity contribution in [3.8, 4) is 5.75 Å². The highest BCUT2D eigenvalue weighted by Gasteiger charge is 2.18. The summed E-state index contributed by atoms with van der Waals surface area (Å²) in [5.41, 5.74) is 4.07. The molecule has 0 spiro atoms. The van der Waals surface area contributed by atoms with Crippen LogP contribution in [0.3, 0.4) is 0 Å². The van der Waals surface area contributed by atoms with Crippen molar-refractivity contribution in [1.29, 1.82) is 0 Å². The largest absolute Gasteiger partial charge is 0.495 e. The molecule has 27 heavy (non-hydrogen) atoms. The Bertz CT molecular complexity index is 1060. The fourth-order valence-electron chi connectivity index (χ4n) is 3.05. The van der Waals surface area contributed by atoms with Crippen LogP contribution in [-0.4, -0.2) is 50.1 Å². The number of nitrogens with two attached hydrogens (primary N) is 1. The maximum atomic E-state index is 13.1. The van der Waals surface area contributed by atoms with Crippen LogP contribution >= 0.6 is 0 Å². The maximum absolute atomic E-state index is 13.1. The number of H-pyrrole nitrogens is 1. The molecule has 0 unspecified atom stereocenters. The van der Waals surface area contributed by atoms with Gasteiger partial charge in [0.1, 0.15) is 5.75 Å². The molecule has 0 aliphatic heterocycles. The predicted octanol–water partition coefficient (Wildman–Crippen LogP) is 1.27. The van der Waals surface area contributed by atoms with Gasteiger partial charge in [0.15, 0.2) is 5.43 Å². The van der Waals surface area contributed by atoms with Gasteiger partial charge in [-0.1, -0.05) is 6.07 Å². The van der Waals surface area contributed by atoms with Crippen LogP contribution in [0.25, 0.3) is 21.8 Å². The first-order chi connectivity index (χ1) is 13.0. The molecule has 5 N–H and O–H groups in total. The highest BCUT2D eigenvalue weighted by Crippen LogP contribution is 2.28. The third-order valence-corrected chi connectivity index (χ3v) is 4.42. The number of likely N-dealkylation sites (N-methyl/N-ethyl adjacent to an activating group) is 1. The van der Waals surface area contributed by atoms with Crippen LogP contribution in [0, 0.1) is 0 Å². The van der Waals surface area contributed by atoms with Crippen LogP contribution in [0.15, 0.2) is 35.1 Å². The molecule has 2 aromatic carbocycles. The summed E-state index contributed by atoms with van der Waals surface area (Å²) in [4.78, 5) is 31.0. The van der Waals surface area contributed by atoms with Crippen LogP contribution < -0.4 is 26.8 Å². The van der Waals surface area contributed by atoms with Crippen LogP contribution in [0.4, 0.5) is 5.69 Å². The Hall–Kier alpha value is -3.10. The number of para-hydroxylation sites is 1. The second-order valence-electron chi connectivity index (χ2n) is 6.45. The number of aromatic amines is 1. The van der Waals surface area contributed by atoms with E-state index in [-0.39, 0.29) is 11.3 Å². The first-order valence-electron chi connectivity index (χ1n) is 8.53. The molecule has 1 amide bonds. The summed E-state index contributed by atoms with van der Waals surface area (Å²) in [7, 11) is 5.39. The highest BCUT2D eigenvalue weighted by molar-refractivity contribution is 6.11. The molecule has 1 heterocycles. The van der Waals surface area contributed by atoms with E-state index in [9.17, 15) is 9.59 Å². The van der Waals surface area contributed by atoms with Crippen molar-refractivity contribution >= 4 is 33.4 Å². The second kappa shape index (κ2) is 7.65. The van der Waals surface area contributed by atoms with E-state index in [0.717, 1.165) is 0 Å². The molecule has 0 saturated carbocycles. The lowest BCUT2D eigenvalue weighted by Gasteiger charge is -2.14. The fourth-order valence-corrected chi connectivity index (χ4v) is 3.05. The number of amides is 1. The monoisotopic (exact) mass is 369 g/mol. The van der Waals surface area contributed by atoms with Crippen LogP contribution in [0.5, 0.6) is 5.75 Å². The number of ether oxygens (including phenoxy) is 1. The minimum atomic E-state index is -0.268. The molecular formula is C19H23N5O3. The van der Waals surface area contributed by atoms with Gasteiger partial charge in [-0.25, -0.2) is 0 Å². The van der Waals surface area contributed by atoms with Gasteiger partial charge >= 0.3 is 0 Å². The Morgan fingerprint density at radius 1 is 1.22 bits per heavy atom. The third kappa shape index (κ3) is 3.44. The predicted molar refractivity (Wildman–Crippen MR) is 107 cm³/mol. The Labute approximate surface area is 156 Å². The van der Waals surface area contributed by atoms with Crippen LogP contribution in [-0.2, 0) is 0 Å². The van der Waals surface area contributed by atoms with Gasteiger partial charge in [0, 0.05) is 18.5 Å². The van der Waals surface area contributed by atoms with E-state index in [0.29, 0.717) is 51.9 Å². The van der Waals surface area contributed by atoms with E-state index in [4.69, 9.17) is 10.6 Å². The summed E-state index contributed by atoms with van der Waals surface area (Å²) < 4.78 is 5.36. The Morgan fingerprint density at radius 2 is 2.00 bits per heavy atom. The first kappa shape index (κ1) is 18.7. The van der Waals surface area contributed by atoms with Gasteiger partial charge < -0.3 is 25.4 Å². The second-order valence-corrected chi connectivity index (χ2v) is 6.45. The van der Waals surface area contributed by atoms with E-state index in [2.05, 4.69) is 15.7 Å². The molecule has 1 aromatic heterocycles. The molecule has 0 bridgehead atoms. The van der Waals surface area contributed by atoms with Crippen LogP contribution in [0.2, 0.25) is 0 Å². The van der Waals surface area contributed by atoms with Gasteiger partial charge in [-0.05, 0) is 38.4 Å². The summed E-state index contributed by atoms with van der Waals surface area (Å²) in [6.45, 7) is 1.20. The SMILES string of the molecule is COc1cccc2c(=O)c3c(NN)ccc(C(=O)NCCN(C)C)c3[nH]c12. The minimum Gasteiger partial charge on any atom is -0.495 e. The number of carbonyl (C=O) groups excluding carboxylic acids is 1. The van der Waals surface area contributed by atoms with Gasteiger partial charge in [-0.2, -0.15) is 0 Å². The van der Waals surface area contributed by atoms with Crippen molar-refractivity contribution in [3.63, 3.8) is 0 Å². The van der Waals surface area contributed by atoms with E-state index >= 15 is 0 Å². The molecule has 3 rings (SSSR count). The van der Waals surface area contributed by atoms with Gasteiger partial charge in [0.05, 0.1) is 34.8 Å². The minimum absolute atomic E-state index is 0.228. The van der Waals surface area contributed by atoms with Crippen LogP contribution in [0.1, 0.15) is 10.4 Å². The van der Waals surface area contributed by atoms with Crippen molar-refractivity contribution in [2.75, 3.05) is 39.7 Å². The molecule has 8 heteroatoms. The van der Waals surface area contributed by atoms with Gasteiger partial charge in [-0.3, -0.25) is 15.4 Å². The average Bonchev–Trinajstić information content (AvgIpc) is 2.66. The van der Waals surface area contributed by atoms with Crippen molar-refractivity contribution in [1.82, 2.24) is 15.2 Å². The average molecular weight is 369 g/mol. The zero-order chi connectivity index (χ0) is 19.6. The normalized spacial score (nSPS) is 11.1. The van der Waals surface area contributed by atoms with Gasteiger partial charge in [0.2, 0.25) is 0 Å². The zero-order valence-corrected chi connectivity index (χ0v) is 15.6. The molecule has 0 saturated heterocycles. The number of carbonyl (C=O) groups is 1. The fraction of sp³-hybridized carbons (Fsp3) is 0.263. The number of benzene rings is 2. The highest BCUT2D eigenvalue weighted by atomic mass is 16.5. The topological polar surface area (TPSA) is 112 Å². The molecule has 3 aromatic rings. The lowest BCUT2D eigenvalue weighted by molar-refractivity contribution is 0.0952. The molecule has 0 aliphatic carbocycles. The number of nitrogens with zero attached hydrogens (tertiary/aromatic N) is 1. The summed E-state index contributed by atoms with van der Waals surface area (Å²) in [5.74, 6) is 5.85. The molecule has 0 radical (unpaired) electrons. The summed E-state index contributed by atoms with van der Waals surface area (Å²) in [5, 5.41) is 3.66. The number of pyridine rings is 1. The van der Waals surface area contributed by atoms with Gasteiger partial charge in [-0.15, -0.1) is 0 Å². The summed E-state index contributed by atoms with van der Waals surface area (Å²) in [6.07, 6.45) is 0. The Morgan fingerprint density at radius 3 is 2.67 bits per heavy atom. The number of rotatable bonds is 6. The molecular weight excluding hydrogens is 346 g/mol. The number of nitrogens with one attached hydrogen (secondary N) is 3. The van der Waals surface area contributed by atoms with Gasteiger partial charge in [0.25, 0.3) is 5.91 Å². The molecule has 8 nitrogen and oxygen atoms in total. The molecule has 142 valence electrons. The van der Waals surface area contributed by atoms with E-state index in [1.165, 1.54) is 7.11 Å². The maximum Gasteiger partial charge on any atom is 0.253 e. The number of fused-ring (bicyclic) bond motifs is 2.